The van der Waals surface area contributed by atoms with Crippen LogP contribution in [-0.2, 0) is 14.3 Å². The third-order valence-electron chi connectivity index (χ3n) is 6.28. The number of hydrogen-bond donors (Lipinski definition) is 1. The normalized spacial score (nSPS) is 17.1. The van der Waals surface area contributed by atoms with Crippen molar-refractivity contribution in [2.75, 3.05) is 51.8 Å². The predicted octanol–water partition coefficient (Wildman–Crippen LogP) is 3.23. The van der Waals surface area contributed by atoms with Crippen LogP contribution in [0.5, 0.6) is 5.75 Å². The average Bonchev–Trinajstić information content (AvgIpc) is 3.06. The first kappa shape index (κ1) is 23.0. The first-order valence-electron chi connectivity index (χ1n) is 11.4. The highest BCUT2D eigenvalue weighted by molar-refractivity contribution is 6.36. The minimum atomic E-state index is -0.286. The number of anilines is 1. The van der Waals surface area contributed by atoms with Crippen LogP contribution in [-0.4, -0.2) is 68.1 Å². The molecular weight excluding hydrogens is 418 g/mol. The van der Waals surface area contributed by atoms with Gasteiger partial charge in [0.05, 0.1) is 25.9 Å². The van der Waals surface area contributed by atoms with Crippen molar-refractivity contribution in [3.63, 3.8) is 0 Å². The largest absolute Gasteiger partial charge is 0.497 e. The highest BCUT2D eigenvalue weighted by atomic mass is 16.5. The molecule has 2 amide bonds. The maximum atomic E-state index is 13.4. The van der Waals surface area contributed by atoms with Gasteiger partial charge in [0, 0.05) is 31.9 Å². The van der Waals surface area contributed by atoms with Crippen molar-refractivity contribution in [2.24, 2.45) is 0 Å². The van der Waals surface area contributed by atoms with Crippen molar-refractivity contribution < 1.29 is 19.1 Å². The summed E-state index contributed by atoms with van der Waals surface area (Å²) in [4.78, 5) is 30.5. The monoisotopic (exact) mass is 449 g/mol. The van der Waals surface area contributed by atoms with Crippen LogP contribution in [0.4, 0.5) is 5.69 Å². The van der Waals surface area contributed by atoms with E-state index in [0.717, 1.165) is 50.5 Å². The Kier molecular flexibility index (Phi) is 7.11. The summed E-state index contributed by atoms with van der Waals surface area (Å²) in [6, 6.07) is 13.2. The van der Waals surface area contributed by atoms with Gasteiger partial charge in [-0.3, -0.25) is 19.4 Å². The first-order chi connectivity index (χ1) is 16.0. The van der Waals surface area contributed by atoms with Crippen molar-refractivity contribution in [2.45, 2.75) is 20.3 Å². The number of nitrogens with zero attached hydrogens (tertiary/aromatic N) is 2. The summed E-state index contributed by atoms with van der Waals surface area (Å²) in [6.07, 6.45) is 0.726. The Morgan fingerprint density at radius 2 is 1.67 bits per heavy atom. The van der Waals surface area contributed by atoms with E-state index in [9.17, 15) is 9.59 Å². The fraction of sp³-hybridized carbons (Fsp3) is 0.385. The Balaban J connectivity index is 1.58. The molecule has 4 rings (SSSR count). The Hall–Kier alpha value is -3.16. The molecule has 0 aliphatic carbocycles. The Morgan fingerprint density at radius 3 is 2.33 bits per heavy atom. The number of amides is 2. The molecule has 1 saturated heterocycles. The topological polar surface area (TPSA) is 71.1 Å². The van der Waals surface area contributed by atoms with E-state index >= 15 is 0 Å². The zero-order valence-electron chi connectivity index (χ0n) is 19.5. The van der Waals surface area contributed by atoms with Gasteiger partial charge in [-0.25, -0.2) is 0 Å². The number of ether oxygens (including phenoxy) is 2. The van der Waals surface area contributed by atoms with Crippen LogP contribution in [0, 0.1) is 13.8 Å². The molecule has 7 heteroatoms. The van der Waals surface area contributed by atoms with Crippen LogP contribution < -0.4 is 10.1 Å². The van der Waals surface area contributed by atoms with Gasteiger partial charge < -0.3 is 14.8 Å². The van der Waals surface area contributed by atoms with Crippen LogP contribution in [0.1, 0.15) is 23.1 Å². The number of aryl methyl sites for hydroxylation is 2. The molecule has 2 aromatic rings. The Morgan fingerprint density at radius 1 is 0.939 bits per heavy atom. The molecule has 0 unspecified atom stereocenters. The van der Waals surface area contributed by atoms with Gasteiger partial charge in [-0.15, -0.1) is 0 Å². The third kappa shape index (κ3) is 5.10. The van der Waals surface area contributed by atoms with Gasteiger partial charge in [0.1, 0.15) is 11.4 Å². The molecular formula is C26H31N3O4. The standard InChI is InChI=1S/C26H31N3O4/c1-18-5-8-21(17-19(18)2)27-24-23(20-6-9-22(32-3)10-7-20)25(30)29(26(24)31)12-4-11-28-13-15-33-16-14-28/h5-10,17,27H,4,11-16H2,1-3H3. The van der Waals surface area contributed by atoms with Crippen LogP contribution in [0.2, 0.25) is 0 Å². The number of methoxy groups -OCH3 is 1. The van der Waals surface area contributed by atoms with Crippen molar-refractivity contribution in [3.05, 3.63) is 64.9 Å². The second-order valence-corrected chi connectivity index (χ2v) is 8.47. The minimum absolute atomic E-state index is 0.265. The summed E-state index contributed by atoms with van der Waals surface area (Å²) in [5, 5.41) is 3.25. The van der Waals surface area contributed by atoms with E-state index in [2.05, 4.69) is 10.2 Å². The van der Waals surface area contributed by atoms with Crippen LogP contribution in [0.25, 0.3) is 5.57 Å². The molecule has 2 aliphatic rings. The molecule has 0 spiro atoms. The molecule has 174 valence electrons. The lowest BCUT2D eigenvalue weighted by atomic mass is 10.0. The van der Waals surface area contributed by atoms with E-state index in [-0.39, 0.29) is 11.8 Å². The van der Waals surface area contributed by atoms with Gasteiger partial charge in [0.2, 0.25) is 0 Å². The summed E-state index contributed by atoms with van der Waals surface area (Å²) in [6.45, 7) is 8.52. The fourth-order valence-corrected chi connectivity index (χ4v) is 4.16. The highest BCUT2D eigenvalue weighted by Gasteiger charge is 2.39. The molecule has 1 fully saturated rings. The number of morpholine rings is 1. The Labute approximate surface area is 195 Å². The average molecular weight is 450 g/mol. The number of hydrogen-bond acceptors (Lipinski definition) is 6. The number of rotatable bonds is 8. The quantitative estimate of drug-likeness (QED) is 0.624. The zero-order valence-corrected chi connectivity index (χ0v) is 19.5. The second-order valence-electron chi connectivity index (χ2n) is 8.47. The van der Waals surface area contributed by atoms with Crippen LogP contribution in [0.3, 0.4) is 0 Å². The third-order valence-corrected chi connectivity index (χ3v) is 6.28. The summed E-state index contributed by atoms with van der Waals surface area (Å²) in [5.41, 5.74) is 4.48. The summed E-state index contributed by atoms with van der Waals surface area (Å²) < 4.78 is 10.6. The van der Waals surface area contributed by atoms with E-state index in [1.807, 2.05) is 44.2 Å². The minimum Gasteiger partial charge on any atom is -0.497 e. The number of carbonyl (C=O) groups is 2. The lowest BCUT2D eigenvalue weighted by molar-refractivity contribution is -0.136. The Bertz CT molecular complexity index is 1060. The van der Waals surface area contributed by atoms with Gasteiger partial charge in [-0.2, -0.15) is 0 Å². The maximum Gasteiger partial charge on any atom is 0.278 e. The molecule has 0 aromatic heterocycles. The van der Waals surface area contributed by atoms with Crippen molar-refractivity contribution in [3.8, 4) is 5.75 Å². The van der Waals surface area contributed by atoms with Gasteiger partial charge in [-0.1, -0.05) is 18.2 Å². The zero-order chi connectivity index (χ0) is 23.4. The fourth-order valence-electron chi connectivity index (χ4n) is 4.16. The van der Waals surface area contributed by atoms with Crippen molar-refractivity contribution in [1.29, 1.82) is 0 Å². The first-order valence-corrected chi connectivity index (χ1v) is 11.4. The highest BCUT2D eigenvalue weighted by Crippen LogP contribution is 2.32. The molecule has 33 heavy (non-hydrogen) atoms. The molecule has 2 aliphatic heterocycles. The predicted molar refractivity (Wildman–Crippen MR) is 128 cm³/mol. The lowest BCUT2D eigenvalue weighted by Crippen LogP contribution is -2.39. The van der Waals surface area contributed by atoms with Gasteiger partial charge in [0.25, 0.3) is 11.8 Å². The molecule has 0 bridgehead atoms. The number of carbonyl (C=O) groups excluding carboxylic acids is 2. The summed E-state index contributed by atoms with van der Waals surface area (Å²) >= 11 is 0. The van der Waals surface area contributed by atoms with E-state index in [1.165, 1.54) is 10.5 Å². The lowest BCUT2D eigenvalue weighted by Gasteiger charge is -2.27. The van der Waals surface area contributed by atoms with E-state index < -0.39 is 0 Å². The van der Waals surface area contributed by atoms with Crippen LogP contribution >= 0.6 is 0 Å². The molecule has 0 atom stereocenters. The van der Waals surface area contributed by atoms with Crippen LogP contribution in [0.15, 0.2) is 48.2 Å². The van der Waals surface area contributed by atoms with E-state index in [1.54, 1.807) is 19.2 Å². The second kappa shape index (κ2) is 10.2. The molecule has 0 saturated carbocycles. The maximum absolute atomic E-state index is 13.4. The molecule has 2 heterocycles. The van der Waals surface area contributed by atoms with Crippen molar-refractivity contribution in [1.82, 2.24) is 9.80 Å². The molecule has 2 aromatic carbocycles. The molecule has 0 radical (unpaired) electrons. The van der Waals surface area contributed by atoms with Gasteiger partial charge >= 0.3 is 0 Å². The van der Waals surface area contributed by atoms with Gasteiger partial charge in [0.15, 0.2) is 0 Å². The smallest absolute Gasteiger partial charge is 0.278 e. The molecule has 7 nitrogen and oxygen atoms in total. The van der Waals surface area contributed by atoms with E-state index in [0.29, 0.717) is 29.1 Å². The molecule has 1 N–H and O–H groups in total. The number of nitrogens with one attached hydrogen (secondary N) is 1. The summed E-state index contributed by atoms with van der Waals surface area (Å²) in [7, 11) is 1.60. The number of benzene rings is 2. The SMILES string of the molecule is COc1ccc(C2=C(Nc3ccc(C)c(C)c3)C(=O)N(CCCN3CCOCC3)C2=O)cc1. The van der Waals surface area contributed by atoms with Crippen molar-refractivity contribution >= 4 is 23.1 Å². The van der Waals surface area contributed by atoms with E-state index in [4.69, 9.17) is 9.47 Å². The summed E-state index contributed by atoms with van der Waals surface area (Å²) in [5.74, 6) is 0.145. The number of imide groups is 1. The van der Waals surface area contributed by atoms with Gasteiger partial charge in [-0.05, 0) is 61.2 Å².